The lowest BCUT2D eigenvalue weighted by molar-refractivity contribution is 0.389. The monoisotopic (exact) mass is 248 g/mol. The Morgan fingerprint density at radius 1 is 1.44 bits per heavy atom. The summed E-state index contributed by atoms with van der Waals surface area (Å²) in [6, 6.07) is 0.483. The molecule has 1 atom stereocenters. The molecule has 1 saturated carbocycles. The molecule has 0 radical (unpaired) electrons. The molecule has 5 nitrogen and oxygen atoms in total. The number of aromatic nitrogens is 2. The highest BCUT2D eigenvalue weighted by atomic mass is 16.5. The van der Waals surface area contributed by atoms with Gasteiger partial charge < -0.3 is 15.0 Å². The van der Waals surface area contributed by atoms with E-state index in [1.165, 1.54) is 18.4 Å². The molecule has 0 amide bonds. The van der Waals surface area contributed by atoms with Crippen LogP contribution in [-0.4, -0.2) is 42.8 Å². The number of nitrogens with one attached hydrogen (secondary N) is 1. The molecule has 1 N–H and O–H groups in total. The van der Waals surface area contributed by atoms with Crippen molar-refractivity contribution in [1.82, 2.24) is 15.3 Å². The quantitative estimate of drug-likeness (QED) is 0.870. The summed E-state index contributed by atoms with van der Waals surface area (Å²) in [5.41, 5.74) is 1.17. The average molecular weight is 248 g/mol. The number of methoxy groups -OCH3 is 1. The van der Waals surface area contributed by atoms with Gasteiger partial charge in [-0.15, -0.1) is 0 Å². The maximum Gasteiger partial charge on any atom is 0.228 e. The molecule has 0 unspecified atom stereocenters. The molecule has 0 aromatic carbocycles. The van der Waals surface area contributed by atoms with Gasteiger partial charge in [0.15, 0.2) is 0 Å². The van der Waals surface area contributed by atoms with Crippen LogP contribution in [0.4, 0.5) is 5.95 Å². The van der Waals surface area contributed by atoms with Crippen molar-refractivity contribution < 1.29 is 4.74 Å². The summed E-state index contributed by atoms with van der Waals surface area (Å²) in [5.74, 6) is 2.18. The standard InChI is InChI=1S/C13H20N4O/c1-9-8-17(6-5-14-9)13-15-7-11(10-3-4-10)12(16-13)18-2/h7,9-10,14H,3-6,8H2,1-2H3/t9-/m1/s1. The maximum absolute atomic E-state index is 5.41. The van der Waals surface area contributed by atoms with Gasteiger partial charge in [-0.3, -0.25) is 0 Å². The molecular formula is C13H20N4O. The first kappa shape index (κ1) is 11.7. The molecule has 2 heterocycles. The van der Waals surface area contributed by atoms with Crippen LogP contribution in [0, 0.1) is 0 Å². The van der Waals surface area contributed by atoms with Crippen molar-refractivity contribution in [3.63, 3.8) is 0 Å². The van der Waals surface area contributed by atoms with Crippen LogP contribution in [0.3, 0.4) is 0 Å². The Labute approximate surface area is 108 Å². The van der Waals surface area contributed by atoms with E-state index in [1.807, 2.05) is 6.20 Å². The highest BCUT2D eigenvalue weighted by Gasteiger charge is 2.29. The van der Waals surface area contributed by atoms with Gasteiger partial charge in [-0.25, -0.2) is 4.98 Å². The fraction of sp³-hybridized carbons (Fsp3) is 0.692. The topological polar surface area (TPSA) is 50.3 Å². The minimum atomic E-state index is 0.483. The Kier molecular flexibility index (Phi) is 3.07. The zero-order valence-corrected chi connectivity index (χ0v) is 11.0. The molecule has 98 valence electrons. The minimum absolute atomic E-state index is 0.483. The van der Waals surface area contributed by atoms with Crippen LogP contribution in [0.25, 0.3) is 0 Å². The number of rotatable bonds is 3. The smallest absolute Gasteiger partial charge is 0.228 e. The molecule has 0 spiro atoms. The van der Waals surface area contributed by atoms with Gasteiger partial charge in [-0.2, -0.15) is 4.98 Å². The average Bonchev–Trinajstić information content (AvgIpc) is 3.22. The van der Waals surface area contributed by atoms with Gasteiger partial charge in [0.1, 0.15) is 0 Å². The molecule has 1 saturated heterocycles. The van der Waals surface area contributed by atoms with Crippen LogP contribution in [0.1, 0.15) is 31.2 Å². The fourth-order valence-electron chi connectivity index (χ4n) is 2.47. The normalized spacial score (nSPS) is 24.1. The van der Waals surface area contributed by atoms with E-state index in [-0.39, 0.29) is 0 Å². The van der Waals surface area contributed by atoms with E-state index in [0.717, 1.165) is 31.5 Å². The number of piperazine rings is 1. The van der Waals surface area contributed by atoms with E-state index in [9.17, 15) is 0 Å². The number of ether oxygens (including phenoxy) is 1. The van der Waals surface area contributed by atoms with Crippen molar-refractivity contribution in [3.05, 3.63) is 11.8 Å². The van der Waals surface area contributed by atoms with E-state index < -0.39 is 0 Å². The fourth-order valence-corrected chi connectivity index (χ4v) is 2.47. The molecule has 0 bridgehead atoms. The molecule has 1 aliphatic heterocycles. The first-order valence-corrected chi connectivity index (χ1v) is 6.67. The largest absolute Gasteiger partial charge is 0.481 e. The van der Waals surface area contributed by atoms with E-state index in [2.05, 4.69) is 27.1 Å². The summed E-state index contributed by atoms with van der Waals surface area (Å²) in [7, 11) is 1.69. The van der Waals surface area contributed by atoms with Crippen LogP contribution in [0.5, 0.6) is 5.88 Å². The SMILES string of the molecule is COc1nc(N2CCN[C@H](C)C2)ncc1C1CC1. The second kappa shape index (κ2) is 4.72. The van der Waals surface area contributed by atoms with Crippen molar-refractivity contribution in [2.75, 3.05) is 31.6 Å². The van der Waals surface area contributed by atoms with Crippen molar-refractivity contribution in [2.24, 2.45) is 0 Å². The summed E-state index contributed by atoms with van der Waals surface area (Å²) >= 11 is 0. The number of nitrogens with zero attached hydrogens (tertiary/aromatic N) is 3. The van der Waals surface area contributed by atoms with Gasteiger partial charge in [0, 0.05) is 37.4 Å². The first-order valence-electron chi connectivity index (χ1n) is 6.67. The highest BCUT2D eigenvalue weighted by Crippen LogP contribution is 2.43. The van der Waals surface area contributed by atoms with E-state index in [0.29, 0.717) is 12.0 Å². The second-order valence-electron chi connectivity index (χ2n) is 5.21. The van der Waals surface area contributed by atoms with Gasteiger partial charge in [-0.05, 0) is 25.7 Å². The molecule has 1 aromatic heterocycles. The zero-order valence-electron chi connectivity index (χ0n) is 11.0. The highest BCUT2D eigenvalue weighted by molar-refractivity contribution is 5.39. The lowest BCUT2D eigenvalue weighted by Gasteiger charge is -2.32. The van der Waals surface area contributed by atoms with E-state index in [4.69, 9.17) is 4.74 Å². The summed E-state index contributed by atoms with van der Waals surface area (Å²) in [5, 5.41) is 3.42. The lowest BCUT2D eigenvalue weighted by atomic mass is 10.2. The first-order chi connectivity index (χ1) is 8.78. The van der Waals surface area contributed by atoms with Gasteiger partial charge in [0.2, 0.25) is 11.8 Å². The van der Waals surface area contributed by atoms with Crippen LogP contribution in [0.15, 0.2) is 6.20 Å². The van der Waals surface area contributed by atoms with Gasteiger partial charge in [0.25, 0.3) is 0 Å². The van der Waals surface area contributed by atoms with Crippen LogP contribution >= 0.6 is 0 Å². The molecule has 1 aromatic rings. The van der Waals surface area contributed by atoms with Gasteiger partial charge in [0.05, 0.1) is 7.11 Å². The number of hydrogen-bond donors (Lipinski definition) is 1. The Hall–Kier alpha value is -1.36. The summed E-state index contributed by atoms with van der Waals surface area (Å²) in [6.07, 6.45) is 4.43. The lowest BCUT2D eigenvalue weighted by Crippen LogP contribution is -2.49. The van der Waals surface area contributed by atoms with Crippen LogP contribution in [0.2, 0.25) is 0 Å². The third-order valence-electron chi connectivity index (χ3n) is 3.63. The third-order valence-corrected chi connectivity index (χ3v) is 3.63. The second-order valence-corrected chi connectivity index (χ2v) is 5.21. The van der Waals surface area contributed by atoms with E-state index >= 15 is 0 Å². The van der Waals surface area contributed by atoms with Crippen LogP contribution in [-0.2, 0) is 0 Å². The summed E-state index contributed by atoms with van der Waals surface area (Å²) in [4.78, 5) is 11.3. The zero-order chi connectivity index (χ0) is 12.5. The maximum atomic E-state index is 5.41. The number of anilines is 1. The van der Waals surface area contributed by atoms with Crippen molar-refractivity contribution in [3.8, 4) is 5.88 Å². The van der Waals surface area contributed by atoms with Crippen molar-refractivity contribution >= 4 is 5.95 Å². The predicted octanol–water partition coefficient (Wildman–Crippen LogP) is 1.16. The van der Waals surface area contributed by atoms with E-state index in [1.54, 1.807) is 7.11 Å². The molecular weight excluding hydrogens is 228 g/mol. The molecule has 3 rings (SSSR count). The van der Waals surface area contributed by atoms with Crippen molar-refractivity contribution in [1.29, 1.82) is 0 Å². The van der Waals surface area contributed by atoms with Crippen LogP contribution < -0.4 is 15.0 Å². The van der Waals surface area contributed by atoms with Gasteiger partial charge >= 0.3 is 0 Å². The third kappa shape index (κ3) is 2.27. The molecule has 18 heavy (non-hydrogen) atoms. The van der Waals surface area contributed by atoms with Crippen molar-refractivity contribution in [2.45, 2.75) is 31.7 Å². The number of hydrogen-bond acceptors (Lipinski definition) is 5. The summed E-state index contributed by atoms with van der Waals surface area (Å²) in [6.45, 7) is 5.07. The Morgan fingerprint density at radius 3 is 2.94 bits per heavy atom. The molecule has 2 fully saturated rings. The van der Waals surface area contributed by atoms with Gasteiger partial charge in [-0.1, -0.05) is 0 Å². The molecule has 1 aliphatic carbocycles. The molecule has 5 heteroatoms. The molecule has 2 aliphatic rings. The Bertz CT molecular complexity index is 433. The predicted molar refractivity (Wildman–Crippen MR) is 70.2 cm³/mol. The Balaban J connectivity index is 1.83. The minimum Gasteiger partial charge on any atom is -0.481 e. The Morgan fingerprint density at radius 2 is 2.28 bits per heavy atom. The summed E-state index contributed by atoms with van der Waals surface area (Å²) < 4.78 is 5.41.